The third kappa shape index (κ3) is 3.29. The van der Waals surface area contributed by atoms with Gasteiger partial charge in [-0.25, -0.2) is 4.39 Å². The summed E-state index contributed by atoms with van der Waals surface area (Å²) >= 11 is 0. The number of nitro benzene ring substituents is 1. The largest absolute Gasteiger partial charge is 0.504 e. The van der Waals surface area contributed by atoms with Crippen LogP contribution in [0.5, 0.6) is 11.5 Å². The number of benzene rings is 2. The molecule has 22 heavy (non-hydrogen) atoms. The molecule has 0 aromatic heterocycles. The Morgan fingerprint density at radius 3 is 2.45 bits per heavy atom. The molecule has 7 nitrogen and oxygen atoms in total. The third-order valence-electron chi connectivity index (χ3n) is 2.90. The Morgan fingerprint density at radius 1 is 1.23 bits per heavy atom. The summed E-state index contributed by atoms with van der Waals surface area (Å²) in [6, 6.07) is 6.96. The van der Waals surface area contributed by atoms with Gasteiger partial charge in [-0.15, -0.1) is 0 Å². The van der Waals surface area contributed by atoms with Gasteiger partial charge in [-0.2, -0.15) is 0 Å². The molecule has 0 spiro atoms. The van der Waals surface area contributed by atoms with Crippen molar-refractivity contribution in [1.29, 1.82) is 0 Å². The number of hydrogen-bond acceptors (Lipinski definition) is 5. The number of nitrogens with one attached hydrogen (secondary N) is 1. The Labute approximate surface area is 123 Å². The number of carbonyl (C=O) groups is 1. The van der Waals surface area contributed by atoms with Crippen molar-refractivity contribution in [2.45, 2.75) is 6.54 Å². The SMILES string of the molecule is O=C(NCc1ccc(F)cc1)c1cc([N+](=O)[O-])cc(O)c1O. The number of nitro groups is 1. The van der Waals surface area contributed by atoms with Gasteiger partial charge < -0.3 is 15.5 Å². The van der Waals surface area contributed by atoms with Crippen molar-refractivity contribution in [3.8, 4) is 11.5 Å². The second-order valence-electron chi connectivity index (χ2n) is 4.43. The fourth-order valence-corrected chi connectivity index (χ4v) is 1.76. The molecular weight excluding hydrogens is 295 g/mol. The minimum absolute atomic E-state index is 0.0298. The van der Waals surface area contributed by atoms with E-state index >= 15 is 0 Å². The number of hydrogen-bond donors (Lipinski definition) is 3. The van der Waals surface area contributed by atoms with E-state index in [-0.39, 0.29) is 6.54 Å². The van der Waals surface area contributed by atoms with Gasteiger partial charge in [0.05, 0.1) is 16.6 Å². The maximum Gasteiger partial charge on any atom is 0.274 e. The highest BCUT2D eigenvalue weighted by molar-refractivity contribution is 5.98. The zero-order valence-corrected chi connectivity index (χ0v) is 11.1. The number of amides is 1. The van der Waals surface area contributed by atoms with Crippen LogP contribution >= 0.6 is 0 Å². The number of phenolic OH excluding ortho intramolecular Hbond substituents is 2. The van der Waals surface area contributed by atoms with Crippen LogP contribution in [0.2, 0.25) is 0 Å². The van der Waals surface area contributed by atoms with E-state index in [0.29, 0.717) is 5.56 Å². The van der Waals surface area contributed by atoms with Gasteiger partial charge in [-0.1, -0.05) is 12.1 Å². The van der Waals surface area contributed by atoms with E-state index in [1.54, 1.807) is 0 Å². The molecule has 0 fully saturated rings. The first-order valence-corrected chi connectivity index (χ1v) is 6.11. The van der Waals surface area contributed by atoms with Gasteiger partial charge in [0.1, 0.15) is 5.82 Å². The van der Waals surface area contributed by atoms with Crippen LogP contribution in [0, 0.1) is 15.9 Å². The molecule has 0 aliphatic heterocycles. The molecule has 0 atom stereocenters. The maximum atomic E-state index is 12.8. The molecule has 0 aliphatic carbocycles. The molecule has 8 heteroatoms. The van der Waals surface area contributed by atoms with Crippen molar-refractivity contribution in [1.82, 2.24) is 5.32 Å². The van der Waals surface area contributed by atoms with Crippen molar-refractivity contribution in [3.05, 3.63) is 63.5 Å². The van der Waals surface area contributed by atoms with Crippen LogP contribution in [-0.4, -0.2) is 21.0 Å². The normalized spacial score (nSPS) is 10.2. The molecule has 0 aliphatic rings. The number of rotatable bonds is 4. The molecule has 3 N–H and O–H groups in total. The summed E-state index contributed by atoms with van der Waals surface area (Å²) in [5.41, 5.74) is -0.347. The number of carbonyl (C=O) groups excluding carboxylic acids is 1. The van der Waals surface area contributed by atoms with E-state index in [2.05, 4.69) is 5.32 Å². The second kappa shape index (κ2) is 6.08. The van der Waals surface area contributed by atoms with Crippen LogP contribution in [0.25, 0.3) is 0 Å². The number of phenols is 2. The number of nitrogens with zero attached hydrogens (tertiary/aromatic N) is 1. The number of aromatic hydroxyl groups is 2. The predicted octanol–water partition coefficient (Wildman–Crippen LogP) is 2.08. The van der Waals surface area contributed by atoms with Crippen LogP contribution in [0.1, 0.15) is 15.9 Å². The van der Waals surface area contributed by atoms with Gasteiger partial charge in [-0.05, 0) is 17.7 Å². The minimum atomic E-state index is -0.805. The van der Waals surface area contributed by atoms with Gasteiger partial charge in [0.2, 0.25) is 0 Å². The molecule has 2 aromatic rings. The lowest BCUT2D eigenvalue weighted by Gasteiger charge is -2.08. The average Bonchev–Trinajstić information content (AvgIpc) is 2.48. The molecule has 0 radical (unpaired) electrons. The standard InChI is InChI=1S/C14H11FN2O5/c15-9-3-1-8(2-4-9)7-16-14(20)11-5-10(17(21)22)6-12(18)13(11)19/h1-6,18-19H,7H2,(H,16,20). The van der Waals surface area contributed by atoms with Gasteiger partial charge in [0, 0.05) is 12.6 Å². The van der Waals surface area contributed by atoms with Gasteiger partial charge >= 0.3 is 0 Å². The Balaban J connectivity index is 2.18. The third-order valence-corrected chi connectivity index (χ3v) is 2.90. The first-order chi connectivity index (χ1) is 10.4. The van der Waals surface area contributed by atoms with Crippen LogP contribution < -0.4 is 5.32 Å². The molecule has 2 aromatic carbocycles. The Hall–Kier alpha value is -3.16. The summed E-state index contributed by atoms with van der Waals surface area (Å²) in [7, 11) is 0. The topological polar surface area (TPSA) is 113 Å². The quantitative estimate of drug-likeness (QED) is 0.455. The highest BCUT2D eigenvalue weighted by atomic mass is 19.1. The van der Waals surface area contributed by atoms with Crippen molar-refractivity contribution >= 4 is 11.6 Å². The molecule has 0 heterocycles. The van der Waals surface area contributed by atoms with Crippen LogP contribution in [-0.2, 0) is 6.54 Å². The maximum absolute atomic E-state index is 12.8. The number of halogens is 1. The predicted molar refractivity (Wildman–Crippen MR) is 74.0 cm³/mol. The zero-order chi connectivity index (χ0) is 16.3. The smallest absolute Gasteiger partial charge is 0.274 e. The van der Waals surface area contributed by atoms with E-state index in [1.165, 1.54) is 24.3 Å². The fourth-order valence-electron chi connectivity index (χ4n) is 1.76. The molecule has 0 unspecified atom stereocenters. The lowest BCUT2D eigenvalue weighted by atomic mass is 10.1. The second-order valence-corrected chi connectivity index (χ2v) is 4.43. The lowest BCUT2D eigenvalue weighted by molar-refractivity contribution is -0.385. The van der Waals surface area contributed by atoms with Crippen molar-refractivity contribution in [2.24, 2.45) is 0 Å². The molecule has 2 rings (SSSR count). The molecule has 1 amide bonds. The molecule has 114 valence electrons. The Kier molecular flexibility index (Phi) is 4.21. The Bertz CT molecular complexity index is 731. The van der Waals surface area contributed by atoms with E-state index < -0.39 is 39.4 Å². The average molecular weight is 306 g/mol. The highest BCUT2D eigenvalue weighted by Gasteiger charge is 2.20. The molecule has 0 bridgehead atoms. The lowest BCUT2D eigenvalue weighted by Crippen LogP contribution is -2.23. The Morgan fingerprint density at radius 2 is 1.86 bits per heavy atom. The monoisotopic (exact) mass is 306 g/mol. The summed E-state index contributed by atoms with van der Waals surface area (Å²) in [4.78, 5) is 21.9. The van der Waals surface area contributed by atoms with Crippen LogP contribution in [0.3, 0.4) is 0 Å². The van der Waals surface area contributed by atoms with Gasteiger partial charge in [0.25, 0.3) is 11.6 Å². The fraction of sp³-hybridized carbons (Fsp3) is 0.0714. The van der Waals surface area contributed by atoms with E-state index in [0.717, 1.165) is 12.1 Å². The summed E-state index contributed by atoms with van der Waals surface area (Å²) in [6.45, 7) is 0.0298. The van der Waals surface area contributed by atoms with Gasteiger partial charge in [0.15, 0.2) is 11.5 Å². The van der Waals surface area contributed by atoms with E-state index in [1.807, 2.05) is 0 Å². The highest BCUT2D eigenvalue weighted by Crippen LogP contribution is 2.33. The van der Waals surface area contributed by atoms with Gasteiger partial charge in [-0.3, -0.25) is 14.9 Å². The van der Waals surface area contributed by atoms with Crippen molar-refractivity contribution < 1.29 is 24.3 Å². The summed E-state index contributed by atoms with van der Waals surface area (Å²) in [5.74, 6) is -2.74. The first kappa shape index (κ1) is 15.2. The van der Waals surface area contributed by atoms with Crippen LogP contribution in [0.15, 0.2) is 36.4 Å². The van der Waals surface area contributed by atoms with Crippen molar-refractivity contribution in [3.63, 3.8) is 0 Å². The number of non-ortho nitro benzene ring substituents is 1. The van der Waals surface area contributed by atoms with E-state index in [9.17, 15) is 29.5 Å². The van der Waals surface area contributed by atoms with E-state index in [4.69, 9.17) is 0 Å². The summed E-state index contributed by atoms with van der Waals surface area (Å²) in [5, 5.41) is 32.2. The van der Waals surface area contributed by atoms with Crippen LogP contribution in [0.4, 0.5) is 10.1 Å². The molecular formula is C14H11FN2O5. The zero-order valence-electron chi connectivity index (χ0n) is 11.1. The first-order valence-electron chi connectivity index (χ1n) is 6.11. The molecule has 0 saturated carbocycles. The minimum Gasteiger partial charge on any atom is -0.504 e. The summed E-state index contributed by atoms with van der Waals surface area (Å²) in [6.07, 6.45) is 0. The summed E-state index contributed by atoms with van der Waals surface area (Å²) < 4.78 is 12.8. The van der Waals surface area contributed by atoms with Crippen molar-refractivity contribution in [2.75, 3.05) is 0 Å². The molecule has 0 saturated heterocycles.